The van der Waals surface area contributed by atoms with E-state index >= 15 is 0 Å². The van der Waals surface area contributed by atoms with Gasteiger partial charge >= 0.3 is 0 Å². The first-order valence-electron chi connectivity index (χ1n) is 11.1. The largest absolute Gasteiger partial charge is 0.306 e. The third-order valence-corrected chi connectivity index (χ3v) is 7.26. The van der Waals surface area contributed by atoms with Gasteiger partial charge in [0.1, 0.15) is 0 Å². The zero-order valence-electron chi connectivity index (χ0n) is 17.7. The number of hydroxylamine groups is 1. The summed E-state index contributed by atoms with van der Waals surface area (Å²) in [5.41, 5.74) is 5.22. The highest BCUT2D eigenvalue weighted by Crippen LogP contribution is 2.52. The molecule has 2 aliphatic heterocycles. The van der Waals surface area contributed by atoms with E-state index in [0.717, 1.165) is 48.0 Å². The number of nitrogens with one attached hydrogen (secondary N) is 3. The third kappa shape index (κ3) is 3.69. The molecule has 164 valence electrons. The van der Waals surface area contributed by atoms with E-state index in [2.05, 4.69) is 46.9 Å². The van der Waals surface area contributed by atoms with Gasteiger partial charge in [-0.25, -0.2) is 5.48 Å². The maximum atomic E-state index is 13.4. The number of aryl methyl sites for hydroxylation is 1. The molecule has 4 N–H and O–H groups in total. The summed E-state index contributed by atoms with van der Waals surface area (Å²) in [6, 6.07) is 5.35. The number of piperidine rings is 1. The zero-order valence-corrected chi connectivity index (χ0v) is 17.7. The van der Waals surface area contributed by atoms with Gasteiger partial charge in [0.25, 0.3) is 0 Å². The van der Waals surface area contributed by atoms with E-state index in [1.807, 2.05) is 10.9 Å². The van der Waals surface area contributed by atoms with Crippen LogP contribution in [0.2, 0.25) is 0 Å². The number of carbonyl (C=O) groups excluding carboxylic acids is 2. The van der Waals surface area contributed by atoms with Crippen LogP contribution in [0.15, 0.2) is 30.5 Å². The summed E-state index contributed by atoms with van der Waals surface area (Å²) < 4.78 is 1.97. The van der Waals surface area contributed by atoms with Crippen molar-refractivity contribution in [2.24, 2.45) is 11.3 Å². The predicted octanol–water partition coefficient (Wildman–Crippen LogP) is 1.63. The number of benzene rings is 1. The number of nitrogens with zero attached hydrogens (tertiary/aromatic N) is 2. The van der Waals surface area contributed by atoms with Gasteiger partial charge in [-0.15, -0.1) is 0 Å². The van der Waals surface area contributed by atoms with E-state index in [-0.39, 0.29) is 17.2 Å². The molecule has 8 heteroatoms. The van der Waals surface area contributed by atoms with Crippen LogP contribution in [0.3, 0.4) is 0 Å². The molecule has 8 nitrogen and oxygen atoms in total. The Bertz CT molecular complexity index is 1050. The number of rotatable bonds is 5. The van der Waals surface area contributed by atoms with Crippen LogP contribution in [0.1, 0.15) is 38.2 Å². The number of Topliss-reactive ketones (excluding diaryl/α,β-unsaturated/α-hetero) is 1. The lowest BCUT2D eigenvalue weighted by Gasteiger charge is -2.37. The second-order valence-corrected chi connectivity index (χ2v) is 9.18. The summed E-state index contributed by atoms with van der Waals surface area (Å²) in [5.74, 6) is -1.02. The van der Waals surface area contributed by atoms with Crippen molar-refractivity contribution < 1.29 is 14.8 Å². The Morgan fingerprint density at radius 3 is 2.90 bits per heavy atom. The molecule has 1 aliphatic carbocycles. The maximum absolute atomic E-state index is 13.4. The van der Waals surface area contributed by atoms with E-state index in [1.165, 1.54) is 0 Å². The lowest BCUT2D eigenvalue weighted by Crippen LogP contribution is -2.59. The topological polar surface area (TPSA) is 108 Å². The van der Waals surface area contributed by atoms with Crippen molar-refractivity contribution in [3.63, 3.8) is 0 Å². The summed E-state index contributed by atoms with van der Waals surface area (Å²) in [7, 11) is 0. The van der Waals surface area contributed by atoms with Crippen LogP contribution in [0.5, 0.6) is 0 Å². The highest BCUT2D eigenvalue weighted by molar-refractivity contribution is 5.96. The van der Waals surface area contributed by atoms with E-state index < -0.39 is 17.9 Å². The van der Waals surface area contributed by atoms with Gasteiger partial charge in [0.05, 0.1) is 29.7 Å². The summed E-state index contributed by atoms with van der Waals surface area (Å²) >= 11 is 0. The van der Waals surface area contributed by atoms with Crippen molar-refractivity contribution in [2.45, 2.75) is 51.2 Å². The Morgan fingerprint density at radius 2 is 2.16 bits per heavy atom. The summed E-state index contributed by atoms with van der Waals surface area (Å²) in [6.07, 6.45) is 7.37. The first kappa shape index (κ1) is 20.4. The number of carbonyl (C=O) groups is 2. The summed E-state index contributed by atoms with van der Waals surface area (Å²) in [5, 5.41) is 21.4. The summed E-state index contributed by atoms with van der Waals surface area (Å²) in [6.45, 7) is 4.25. The molecule has 5 rings (SSSR count). The Balaban J connectivity index is 1.34. The van der Waals surface area contributed by atoms with Crippen LogP contribution < -0.4 is 16.1 Å². The van der Waals surface area contributed by atoms with Crippen molar-refractivity contribution in [1.29, 1.82) is 0 Å². The molecule has 2 fully saturated rings. The average Bonchev–Trinajstić information content (AvgIpc) is 3.43. The van der Waals surface area contributed by atoms with Gasteiger partial charge in [0, 0.05) is 25.0 Å². The van der Waals surface area contributed by atoms with Crippen LogP contribution in [0.25, 0.3) is 16.5 Å². The van der Waals surface area contributed by atoms with Gasteiger partial charge in [-0.1, -0.05) is 12.1 Å². The molecule has 1 aromatic heterocycles. The summed E-state index contributed by atoms with van der Waals surface area (Å²) in [4.78, 5) is 25.7. The van der Waals surface area contributed by atoms with Crippen LogP contribution >= 0.6 is 0 Å². The van der Waals surface area contributed by atoms with Crippen LogP contribution in [0.4, 0.5) is 0 Å². The molecule has 31 heavy (non-hydrogen) atoms. The number of hydrogen-bond donors (Lipinski definition) is 4. The van der Waals surface area contributed by atoms with E-state index in [9.17, 15) is 14.8 Å². The number of ketones is 1. The molecular weight excluding hydrogens is 394 g/mol. The molecule has 1 saturated carbocycles. The standard InChI is InChI=1S/C23H29N5O3/c1-2-28-19-4-3-14(9-16(19)12-26-28)15-5-8-24-18(10-15)21(29)20-17(22(30)27-31)11-23(6-7-23)13-25-20/h3-5,9,12,17-18,20,24-25,31H,2,6-8,10-11,13H2,1H3,(H,27,30). The highest BCUT2D eigenvalue weighted by atomic mass is 16.5. The smallest absolute Gasteiger partial charge is 0.248 e. The molecule has 3 heterocycles. The molecule has 1 spiro atoms. The first-order chi connectivity index (χ1) is 15.0. The molecule has 1 amide bonds. The second-order valence-electron chi connectivity index (χ2n) is 9.18. The molecular formula is C23H29N5O3. The lowest BCUT2D eigenvalue weighted by atomic mass is 9.78. The highest BCUT2D eigenvalue weighted by Gasteiger charge is 2.52. The number of hydrogen-bond acceptors (Lipinski definition) is 6. The molecule has 0 bridgehead atoms. The number of aromatic nitrogens is 2. The molecule has 1 saturated heterocycles. The molecule has 3 aliphatic rings. The van der Waals surface area contributed by atoms with E-state index in [0.29, 0.717) is 19.4 Å². The van der Waals surface area contributed by atoms with Crippen molar-refractivity contribution in [3.8, 4) is 0 Å². The normalized spacial score (nSPS) is 27.2. The quantitative estimate of drug-likeness (QED) is 0.430. The fourth-order valence-corrected chi connectivity index (χ4v) is 5.20. The number of fused-ring (bicyclic) bond motifs is 1. The Hall–Kier alpha value is -2.55. The predicted molar refractivity (Wildman–Crippen MR) is 116 cm³/mol. The molecule has 1 aromatic carbocycles. The minimum atomic E-state index is -0.583. The number of amides is 1. The fourth-order valence-electron chi connectivity index (χ4n) is 5.20. The third-order valence-electron chi connectivity index (χ3n) is 7.26. The van der Waals surface area contributed by atoms with Crippen LogP contribution in [-0.4, -0.2) is 51.9 Å². The van der Waals surface area contributed by atoms with Gasteiger partial charge in [-0.05, 0) is 61.3 Å². The maximum Gasteiger partial charge on any atom is 0.248 e. The Kier molecular flexibility index (Phi) is 5.16. The average molecular weight is 424 g/mol. The fraction of sp³-hybridized carbons (Fsp3) is 0.522. The minimum Gasteiger partial charge on any atom is -0.306 e. The van der Waals surface area contributed by atoms with Gasteiger partial charge < -0.3 is 10.6 Å². The van der Waals surface area contributed by atoms with Crippen molar-refractivity contribution in [3.05, 3.63) is 36.0 Å². The second kappa shape index (κ2) is 7.85. The molecule has 2 aromatic rings. The van der Waals surface area contributed by atoms with Crippen molar-refractivity contribution in [1.82, 2.24) is 25.9 Å². The van der Waals surface area contributed by atoms with E-state index in [4.69, 9.17) is 0 Å². The molecule has 3 atom stereocenters. The Labute approximate surface area is 181 Å². The molecule has 3 unspecified atom stereocenters. The van der Waals surface area contributed by atoms with E-state index in [1.54, 1.807) is 5.48 Å². The van der Waals surface area contributed by atoms with Gasteiger partial charge in [-0.2, -0.15) is 5.10 Å². The van der Waals surface area contributed by atoms with Gasteiger partial charge in [0.15, 0.2) is 5.78 Å². The monoisotopic (exact) mass is 423 g/mol. The van der Waals surface area contributed by atoms with Crippen molar-refractivity contribution in [2.75, 3.05) is 13.1 Å². The Morgan fingerprint density at radius 1 is 1.32 bits per heavy atom. The van der Waals surface area contributed by atoms with Crippen LogP contribution in [-0.2, 0) is 16.1 Å². The zero-order chi connectivity index (χ0) is 21.6. The van der Waals surface area contributed by atoms with Crippen LogP contribution in [0, 0.1) is 11.3 Å². The minimum absolute atomic E-state index is 0.00502. The SMILES string of the molecule is CCn1ncc2cc(C3=CCNC(C(=O)C4NCC5(CC5)CC4C(=O)NO)C3)ccc21. The molecule has 0 radical (unpaired) electrons. The van der Waals surface area contributed by atoms with Gasteiger partial charge in [-0.3, -0.25) is 19.5 Å². The lowest BCUT2D eigenvalue weighted by molar-refractivity contribution is -0.140. The van der Waals surface area contributed by atoms with Crippen molar-refractivity contribution >= 4 is 28.2 Å². The first-order valence-corrected chi connectivity index (χ1v) is 11.1. The van der Waals surface area contributed by atoms with Gasteiger partial charge in [0.2, 0.25) is 5.91 Å².